The van der Waals surface area contributed by atoms with E-state index in [1.807, 2.05) is 18.2 Å². The molecule has 0 radical (unpaired) electrons. The van der Waals surface area contributed by atoms with E-state index in [4.69, 9.17) is 10.5 Å². The standard InChI is InChI=1S/C17H17N5/c1-2-17-20-15-5-3-4-6-16(15)22(17)14-9-7-13(8-10-14)11-12-19-21-18/h3-10H,2,11-12H2,1H3. The fourth-order valence-corrected chi connectivity index (χ4v) is 2.64. The van der Waals surface area contributed by atoms with E-state index >= 15 is 0 Å². The predicted octanol–water partition coefficient (Wildman–Crippen LogP) is 4.44. The minimum Gasteiger partial charge on any atom is -0.296 e. The van der Waals surface area contributed by atoms with Gasteiger partial charge in [-0.15, -0.1) is 0 Å². The summed E-state index contributed by atoms with van der Waals surface area (Å²) in [5.74, 6) is 1.06. The Bertz CT molecular complexity index is 826. The van der Waals surface area contributed by atoms with Crippen LogP contribution in [-0.2, 0) is 12.8 Å². The van der Waals surface area contributed by atoms with Crippen LogP contribution in [-0.4, -0.2) is 16.1 Å². The van der Waals surface area contributed by atoms with Gasteiger partial charge in [-0.05, 0) is 41.8 Å². The van der Waals surface area contributed by atoms with Crippen LogP contribution >= 0.6 is 0 Å². The topological polar surface area (TPSA) is 66.6 Å². The average molecular weight is 291 g/mol. The van der Waals surface area contributed by atoms with Crippen LogP contribution in [0.3, 0.4) is 0 Å². The Morgan fingerprint density at radius 3 is 2.64 bits per heavy atom. The molecule has 5 heteroatoms. The van der Waals surface area contributed by atoms with Crippen LogP contribution in [0.4, 0.5) is 0 Å². The Morgan fingerprint density at radius 2 is 1.91 bits per heavy atom. The van der Waals surface area contributed by atoms with Crippen molar-refractivity contribution in [2.75, 3.05) is 6.54 Å². The van der Waals surface area contributed by atoms with Gasteiger partial charge in [-0.1, -0.05) is 36.3 Å². The lowest BCUT2D eigenvalue weighted by atomic mass is 10.1. The highest BCUT2D eigenvalue weighted by Crippen LogP contribution is 2.22. The van der Waals surface area contributed by atoms with E-state index < -0.39 is 0 Å². The summed E-state index contributed by atoms with van der Waals surface area (Å²) >= 11 is 0. The quantitative estimate of drug-likeness (QED) is 0.389. The summed E-state index contributed by atoms with van der Waals surface area (Å²) in [6.45, 7) is 2.61. The first-order chi connectivity index (χ1) is 10.8. The van der Waals surface area contributed by atoms with Crippen LogP contribution in [0.25, 0.3) is 27.2 Å². The van der Waals surface area contributed by atoms with Gasteiger partial charge in [0.15, 0.2) is 0 Å². The fourth-order valence-electron chi connectivity index (χ4n) is 2.64. The molecule has 22 heavy (non-hydrogen) atoms. The second-order valence-electron chi connectivity index (χ2n) is 5.08. The number of benzene rings is 2. The molecule has 0 aliphatic heterocycles. The molecule has 0 aliphatic rings. The summed E-state index contributed by atoms with van der Waals surface area (Å²) in [4.78, 5) is 7.48. The molecule has 0 amide bonds. The minimum atomic E-state index is 0.490. The van der Waals surface area contributed by atoms with Gasteiger partial charge in [0.2, 0.25) is 0 Å². The predicted molar refractivity (Wildman–Crippen MR) is 88.2 cm³/mol. The summed E-state index contributed by atoms with van der Waals surface area (Å²) in [5, 5.41) is 3.57. The number of hydrogen-bond donors (Lipinski definition) is 0. The van der Waals surface area contributed by atoms with Gasteiger partial charge >= 0.3 is 0 Å². The molecule has 3 aromatic rings. The van der Waals surface area contributed by atoms with Crippen LogP contribution in [0, 0.1) is 0 Å². The average Bonchev–Trinajstić information content (AvgIpc) is 2.94. The lowest BCUT2D eigenvalue weighted by Crippen LogP contribution is -2.00. The number of imidazole rings is 1. The molecule has 0 fully saturated rings. The number of nitrogens with zero attached hydrogens (tertiary/aromatic N) is 5. The molecule has 0 unspecified atom stereocenters. The summed E-state index contributed by atoms with van der Waals surface area (Å²) < 4.78 is 2.20. The third-order valence-electron chi connectivity index (χ3n) is 3.70. The van der Waals surface area contributed by atoms with E-state index in [1.165, 1.54) is 5.56 Å². The highest BCUT2D eigenvalue weighted by Gasteiger charge is 2.10. The summed E-state index contributed by atoms with van der Waals surface area (Å²) in [6, 6.07) is 16.5. The summed E-state index contributed by atoms with van der Waals surface area (Å²) in [6.07, 6.45) is 1.64. The van der Waals surface area contributed by atoms with Gasteiger partial charge in [-0.3, -0.25) is 4.57 Å². The lowest BCUT2D eigenvalue weighted by molar-refractivity contribution is 0.905. The third kappa shape index (κ3) is 2.67. The lowest BCUT2D eigenvalue weighted by Gasteiger charge is -2.09. The van der Waals surface area contributed by atoms with Gasteiger partial charge in [-0.2, -0.15) is 0 Å². The molecule has 110 valence electrons. The maximum atomic E-state index is 8.32. The van der Waals surface area contributed by atoms with Crippen molar-refractivity contribution in [3.8, 4) is 5.69 Å². The monoisotopic (exact) mass is 291 g/mol. The Kier molecular flexibility index (Phi) is 4.08. The zero-order chi connectivity index (χ0) is 15.4. The largest absolute Gasteiger partial charge is 0.296 e. The van der Waals surface area contributed by atoms with Gasteiger partial charge in [0.1, 0.15) is 5.82 Å². The zero-order valence-corrected chi connectivity index (χ0v) is 12.5. The van der Waals surface area contributed by atoms with Crippen LogP contribution in [0.15, 0.2) is 53.6 Å². The normalized spacial score (nSPS) is 10.6. The number of azide groups is 1. The van der Waals surface area contributed by atoms with E-state index in [9.17, 15) is 0 Å². The van der Waals surface area contributed by atoms with Crippen molar-refractivity contribution in [2.45, 2.75) is 19.8 Å². The maximum absolute atomic E-state index is 8.32. The SMILES string of the molecule is CCc1nc2ccccc2n1-c1ccc(CCN=[N+]=[N-])cc1. The number of rotatable bonds is 5. The molecule has 3 rings (SSSR count). The summed E-state index contributed by atoms with van der Waals surface area (Å²) in [7, 11) is 0. The van der Waals surface area contributed by atoms with Crippen molar-refractivity contribution < 1.29 is 0 Å². The van der Waals surface area contributed by atoms with Crippen molar-refractivity contribution >= 4 is 11.0 Å². The molecular formula is C17H17N5. The molecule has 0 N–H and O–H groups in total. The Morgan fingerprint density at radius 1 is 1.14 bits per heavy atom. The van der Waals surface area contributed by atoms with Crippen LogP contribution in [0.5, 0.6) is 0 Å². The Labute approximate surface area is 128 Å². The fraction of sp³-hybridized carbons (Fsp3) is 0.235. The smallest absolute Gasteiger partial charge is 0.114 e. The number of hydrogen-bond acceptors (Lipinski definition) is 2. The zero-order valence-electron chi connectivity index (χ0n) is 12.5. The van der Waals surface area contributed by atoms with E-state index in [-0.39, 0.29) is 0 Å². The summed E-state index contributed by atoms with van der Waals surface area (Å²) in [5.41, 5.74) is 12.7. The van der Waals surface area contributed by atoms with Crippen molar-refractivity contribution in [1.29, 1.82) is 0 Å². The number of fused-ring (bicyclic) bond motifs is 1. The van der Waals surface area contributed by atoms with E-state index in [0.717, 1.165) is 35.4 Å². The second-order valence-corrected chi connectivity index (χ2v) is 5.08. The Balaban J connectivity index is 1.98. The molecule has 0 saturated heterocycles. The van der Waals surface area contributed by atoms with Gasteiger partial charge in [0, 0.05) is 23.6 Å². The highest BCUT2D eigenvalue weighted by molar-refractivity contribution is 5.78. The molecule has 0 saturated carbocycles. The van der Waals surface area contributed by atoms with Gasteiger partial charge in [0.05, 0.1) is 11.0 Å². The van der Waals surface area contributed by atoms with Crippen molar-refractivity contribution in [3.05, 3.63) is 70.4 Å². The molecule has 1 heterocycles. The molecule has 2 aromatic carbocycles. The minimum absolute atomic E-state index is 0.490. The molecule has 0 bridgehead atoms. The Hall–Kier alpha value is -2.78. The molecule has 5 nitrogen and oxygen atoms in total. The first kappa shape index (κ1) is 14.2. The van der Waals surface area contributed by atoms with Crippen molar-refractivity contribution in [3.63, 3.8) is 0 Å². The highest BCUT2D eigenvalue weighted by atomic mass is 15.1. The molecule has 0 atom stereocenters. The van der Waals surface area contributed by atoms with E-state index in [0.29, 0.717) is 6.54 Å². The van der Waals surface area contributed by atoms with Gasteiger partial charge < -0.3 is 0 Å². The van der Waals surface area contributed by atoms with E-state index in [2.05, 4.69) is 51.8 Å². The molecular weight excluding hydrogens is 274 g/mol. The molecule has 0 aliphatic carbocycles. The first-order valence-corrected chi connectivity index (χ1v) is 7.40. The maximum Gasteiger partial charge on any atom is 0.114 e. The third-order valence-corrected chi connectivity index (χ3v) is 3.70. The number of para-hydroxylation sites is 2. The van der Waals surface area contributed by atoms with Crippen LogP contribution in [0.1, 0.15) is 18.3 Å². The van der Waals surface area contributed by atoms with Crippen LogP contribution in [0.2, 0.25) is 0 Å². The number of aryl methyl sites for hydroxylation is 1. The van der Waals surface area contributed by atoms with Crippen molar-refractivity contribution in [2.24, 2.45) is 5.11 Å². The first-order valence-electron chi connectivity index (χ1n) is 7.40. The van der Waals surface area contributed by atoms with E-state index in [1.54, 1.807) is 0 Å². The van der Waals surface area contributed by atoms with Gasteiger partial charge in [-0.25, -0.2) is 4.98 Å². The second kappa shape index (κ2) is 6.33. The molecule has 1 aromatic heterocycles. The number of aromatic nitrogens is 2. The van der Waals surface area contributed by atoms with Crippen molar-refractivity contribution in [1.82, 2.24) is 9.55 Å². The van der Waals surface area contributed by atoms with Crippen LogP contribution < -0.4 is 0 Å². The van der Waals surface area contributed by atoms with Gasteiger partial charge in [0.25, 0.3) is 0 Å². The molecule has 0 spiro atoms.